The minimum Gasteiger partial charge on any atom is -0.444 e. The number of nitrogens with one attached hydrogen (secondary N) is 2. The number of rotatable bonds is 5. The van der Waals surface area contributed by atoms with Gasteiger partial charge in [0.25, 0.3) is 0 Å². The van der Waals surface area contributed by atoms with E-state index in [9.17, 15) is 13.8 Å². The molecule has 2 aliphatic carbocycles. The summed E-state index contributed by atoms with van der Waals surface area (Å²) in [6.07, 6.45) is 19.8. The highest BCUT2D eigenvalue weighted by Gasteiger charge is 2.27. The number of terminal acetylenes is 1. The summed E-state index contributed by atoms with van der Waals surface area (Å²) in [7, 11) is -2.13. The fraction of sp³-hybridized carbons (Fsp3) is 0.737. The quantitative estimate of drug-likeness (QED) is 0.0319. The van der Waals surface area contributed by atoms with Crippen molar-refractivity contribution < 1.29 is 18.5 Å². The number of nitrogens with two attached hydrogens (primary N) is 2. The number of hydrazine groups is 1. The van der Waals surface area contributed by atoms with Crippen molar-refractivity contribution >= 4 is 45.9 Å². The van der Waals surface area contributed by atoms with E-state index < -0.39 is 21.4 Å². The molecule has 50 heavy (non-hydrogen) atoms. The third-order valence-corrected chi connectivity index (χ3v) is 6.55. The average Bonchev–Trinajstić information content (AvgIpc) is 4.05. The normalized spacial score (nSPS) is 14.3. The van der Waals surface area contributed by atoms with E-state index in [0.29, 0.717) is 6.54 Å². The Kier molecular flexibility index (Phi) is 64.1. The number of nitrogens with zero attached hydrogens (tertiary/aromatic N) is 2. The minimum atomic E-state index is -2.13. The molecule has 0 aromatic heterocycles. The van der Waals surface area contributed by atoms with Crippen LogP contribution in [-0.4, -0.2) is 74.5 Å². The maximum atomic E-state index is 11.8. The van der Waals surface area contributed by atoms with E-state index in [1.807, 2.05) is 68.4 Å². The lowest BCUT2D eigenvalue weighted by molar-refractivity contribution is -0.129. The molecule has 3 rings (SSSR count). The van der Waals surface area contributed by atoms with E-state index >= 15 is 0 Å². The van der Waals surface area contributed by atoms with E-state index in [4.69, 9.17) is 21.1 Å². The maximum Gasteiger partial charge on any atom is 0.408 e. The zero-order valence-electron chi connectivity index (χ0n) is 35.4. The first-order valence-corrected chi connectivity index (χ1v) is 20.9. The molecule has 1 heterocycles. The van der Waals surface area contributed by atoms with Crippen LogP contribution in [0.1, 0.15) is 142 Å². The number of alkyl carbamates (subject to hydrolysis) is 1. The number of carbonyl (C=O) groups excluding carboxylic acids is 2. The Morgan fingerprint density at radius 1 is 1.06 bits per heavy atom. The van der Waals surface area contributed by atoms with E-state index in [-0.39, 0.29) is 17.7 Å². The van der Waals surface area contributed by atoms with Gasteiger partial charge in [-0.25, -0.2) is 15.1 Å². The molecule has 0 bridgehead atoms. The predicted molar refractivity (Wildman–Crippen MR) is 231 cm³/mol. The number of allylic oxidation sites excluding steroid dienone is 1. The highest BCUT2D eigenvalue weighted by molar-refractivity contribution is 7.99. The van der Waals surface area contributed by atoms with Crippen LogP contribution in [0, 0.1) is 24.2 Å². The van der Waals surface area contributed by atoms with Crippen molar-refractivity contribution in [3.05, 3.63) is 24.8 Å². The maximum absolute atomic E-state index is 11.8. The molecular formula is C38H84N6O4S2. The van der Waals surface area contributed by atoms with Crippen molar-refractivity contribution in [2.24, 2.45) is 16.9 Å². The van der Waals surface area contributed by atoms with E-state index in [1.54, 1.807) is 31.9 Å². The Morgan fingerprint density at radius 2 is 1.44 bits per heavy atom. The van der Waals surface area contributed by atoms with Gasteiger partial charge in [0, 0.05) is 34.3 Å². The molecule has 302 valence electrons. The van der Waals surface area contributed by atoms with Crippen LogP contribution >= 0.6 is 11.9 Å². The Bertz CT molecular complexity index is 876. The van der Waals surface area contributed by atoms with Gasteiger partial charge in [0.2, 0.25) is 5.91 Å². The molecule has 1 saturated heterocycles. The summed E-state index contributed by atoms with van der Waals surface area (Å²) in [5, 5.41) is 14.3. The lowest BCUT2D eigenvalue weighted by Gasteiger charge is -2.20. The summed E-state index contributed by atoms with van der Waals surface area (Å²) in [5.41, 5.74) is 0.722. The number of likely N-dealkylation sites (tertiary alicyclic amines) is 1. The molecule has 2 amide bonds. The predicted octanol–water partition coefficient (Wildman–Crippen LogP) is 9.46. The van der Waals surface area contributed by atoms with Gasteiger partial charge < -0.3 is 15.0 Å². The summed E-state index contributed by atoms with van der Waals surface area (Å²) in [5.74, 6) is 9.13. The Balaban J connectivity index is -0.0000000765. The van der Waals surface area contributed by atoms with Gasteiger partial charge >= 0.3 is 6.09 Å². The molecule has 2 saturated carbocycles. The van der Waals surface area contributed by atoms with Crippen molar-refractivity contribution in [3.8, 4) is 12.8 Å². The van der Waals surface area contributed by atoms with Gasteiger partial charge in [0.1, 0.15) is 18.5 Å². The number of hydrogen-bond acceptors (Lipinski definition) is 7. The van der Waals surface area contributed by atoms with Crippen molar-refractivity contribution in [2.45, 2.75) is 153 Å². The molecule has 12 heteroatoms. The van der Waals surface area contributed by atoms with Crippen LogP contribution in [0.15, 0.2) is 24.8 Å². The smallest absolute Gasteiger partial charge is 0.408 e. The highest BCUT2D eigenvalue weighted by Crippen LogP contribution is 2.25. The molecular weight excluding hydrogens is 669 g/mol. The highest BCUT2D eigenvalue weighted by atomic mass is 32.2. The number of amides is 2. The fourth-order valence-corrected chi connectivity index (χ4v) is 3.26. The first kappa shape index (κ1) is 65.9. The monoisotopic (exact) mass is 753 g/mol. The zero-order chi connectivity index (χ0) is 41.9. The van der Waals surface area contributed by atoms with Crippen molar-refractivity contribution in [1.29, 1.82) is 5.41 Å². The van der Waals surface area contributed by atoms with E-state index in [1.165, 1.54) is 41.2 Å². The zero-order valence-corrected chi connectivity index (χ0v) is 37.1. The second kappa shape index (κ2) is 48.7. The van der Waals surface area contributed by atoms with Gasteiger partial charge in [-0.3, -0.25) is 19.6 Å². The van der Waals surface area contributed by atoms with E-state index in [2.05, 4.69) is 58.0 Å². The second-order valence-electron chi connectivity index (χ2n) is 10.8. The summed E-state index contributed by atoms with van der Waals surface area (Å²) >= 11 is 1.29. The van der Waals surface area contributed by atoms with Gasteiger partial charge in [-0.2, -0.15) is 0 Å². The molecule has 1 atom stereocenters. The summed E-state index contributed by atoms with van der Waals surface area (Å²) in [6.45, 7) is 37.2. The molecule has 3 aliphatic rings. The lowest BCUT2D eigenvalue weighted by Crippen LogP contribution is -2.40. The number of ether oxygens (including phenoxy) is 1. The lowest BCUT2D eigenvalue weighted by atomic mass is 10.2. The topological polar surface area (TPSA) is 155 Å². The van der Waals surface area contributed by atoms with Gasteiger partial charge in [0.05, 0.1) is 0 Å². The van der Waals surface area contributed by atoms with Crippen LogP contribution in [0.2, 0.25) is 0 Å². The molecule has 3 fully saturated rings. The average molecular weight is 753 g/mol. The standard InChI is InChI=1S/C13H22N2O3.C4H9NOS.C4H10.C3H6.C2H7N3S.4C2H6.C2H4.C2H2/c1-5-10-6-7-15(9-10)11(16)8-14-12(17)18-13(2,3)4;1-7(5,6)4-2-3-4;1-4(2)3;1-2-3-1;1-6-5(4)2-3;6*1-2/h5H,6-9H2,1-4H3,(H,14,17);4H,1-3H2,(H2,5,6);4H,1-3H3;1-3H2;2-3H,4H2,1H3;4*1-2H3;1-2H2;1-2H. The molecule has 0 spiro atoms. The third-order valence-electron chi connectivity index (χ3n) is 4.42. The molecule has 1 aliphatic heterocycles. The van der Waals surface area contributed by atoms with Crippen LogP contribution < -0.4 is 16.3 Å². The summed E-state index contributed by atoms with van der Waals surface area (Å²) in [6, 6.07) is 0. The first-order valence-electron chi connectivity index (χ1n) is 17.9. The van der Waals surface area contributed by atoms with Gasteiger partial charge in [-0.05, 0) is 70.7 Å². The third kappa shape index (κ3) is 67.7. The molecule has 10 nitrogen and oxygen atoms in total. The van der Waals surface area contributed by atoms with Crippen molar-refractivity contribution in [2.75, 3.05) is 25.9 Å². The Hall–Kier alpha value is -2.46. The molecule has 0 aromatic carbocycles. The molecule has 0 aromatic rings. The van der Waals surface area contributed by atoms with Gasteiger partial charge in [-0.1, -0.05) is 107 Å². The molecule has 1 unspecified atom stereocenters. The molecule has 6 N–H and O–H groups in total. The van der Waals surface area contributed by atoms with Crippen LogP contribution in [0.4, 0.5) is 4.79 Å². The van der Waals surface area contributed by atoms with Crippen LogP contribution in [0.25, 0.3) is 0 Å². The molecule has 0 radical (unpaired) electrons. The fourth-order valence-electron chi connectivity index (χ4n) is 2.22. The summed E-state index contributed by atoms with van der Waals surface area (Å²) in [4.78, 5) is 24.9. The minimum absolute atomic E-state index is 0.00803. The largest absolute Gasteiger partial charge is 0.444 e. The Morgan fingerprint density at radius 3 is 1.62 bits per heavy atom. The Labute approximate surface area is 317 Å². The van der Waals surface area contributed by atoms with Crippen LogP contribution in [0.3, 0.4) is 0 Å². The van der Waals surface area contributed by atoms with E-state index in [0.717, 1.165) is 38.1 Å². The second-order valence-corrected chi connectivity index (χ2v) is 13.8. The van der Waals surface area contributed by atoms with Crippen molar-refractivity contribution in [1.82, 2.24) is 14.6 Å². The number of hydrogen-bond donors (Lipinski definition) is 4. The SMILES string of the molecule is C#C.C1CC1.C=C.C=S(N)(=O)C1CC1.CC.CC.CC.CC.CC(C)C.CC=C1CCN(C(=O)CNC(=O)OC(C)(C)C)C1.CSN(N)C=N. The van der Waals surface area contributed by atoms with Gasteiger partial charge in [-0.15, -0.1) is 26.0 Å². The van der Waals surface area contributed by atoms with Crippen molar-refractivity contribution in [3.63, 3.8) is 0 Å². The van der Waals surface area contributed by atoms with Crippen LogP contribution in [-0.2, 0) is 19.2 Å². The number of carbonyl (C=O) groups is 2. The first-order chi connectivity index (χ1) is 23.5. The summed E-state index contributed by atoms with van der Waals surface area (Å²) < 4.78 is 16.9. The van der Waals surface area contributed by atoms with Crippen LogP contribution in [0.5, 0.6) is 0 Å². The van der Waals surface area contributed by atoms with Gasteiger partial charge in [0.15, 0.2) is 0 Å².